The fourth-order valence-electron chi connectivity index (χ4n) is 4.76. The van der Waals surface area contributed by atoms with E-state index < -0.39 is 5.82 Å². The van der Waals surface area contributed by atoms with E-state index in [1.54, 1.807) is 35.5 Å². The number of hydrogen-bond acceptors (Lipinski definition) is 6. The molecule has 0 aliphatic carbocycles. The van der Waals surface area contributed by atoms with E-state index in [9.17, 15) is 9.18 Å². The second kappa shape index (κ2) is 7.68. The van der Waals surface area contributed by atoms with Crippen LogP contribution in [-0.4, -0.2) is 57.2 Å². The van der Waals surface area contributed by atoms with Crippen molar-refractivity contribution in [2.24, 2.45) is 11.8 Å². The van der Waals surface area contributed by atoms with Gasteiger partial charge < -0.3 is 9.80 Å². The molecule has 0 bridgehead atoms. The predicted octanol–water partition coefficient (Wildman–Crippen LogP) is 2.90. The molecule has 1 aromatic carbocycles. The second-order valence-electron chi connectivity index (χ2n) is 8.38. The van der Waals surface area contributed by atoms with Gasteiger partial charge in [-0.05, 0) is 37.6 Å². The van der Waals surface area contributed by atoms with Crippen molar-refractivity contribution in [3.8, 4) is 11.1 Å². The highest BCUT2D eigenvalue weighted by molar-refractivity contribution is 6.01. The number of carbonyl (C=O) groups excluding carboxylic acids is 1. The summed E-state index contributed by atoms with van der Waals surface area (Å²) < 4.78 is 14.8. The van der Waals surface area contributed by atoms with E-state index in [0.29, 0.717) is 36.1 Å². The Morgan fingerprint density at radius 3 is 2.35 bits per heavy atom. The molecule has 8 heteroatoms. The highest BCUT2D eigenvalue weighted by Crippen LogP contribution is 2.35. The van der Waals surface area contributed by atoms with Crippen molar-refractivity contribution in [3.63, 3.8) is 0 Å². The highest BCUT2D eigenvalue weighted by Gasteiger charge is 2.43. The molecule has 2 unspecified atom stereocenters. The summed E-state index contributed by atoms with van der Waals surface area (Å²) in [5, 5.41) is 7.64. The Morgan fingerprint density at radius 2 is 1.71 bits per heavy atom. The van der Waals surface area contributed by atoms with Crippen LogP contribution < -0.4 is 4.90 Å². The minimum atomic E-state index is -0.512. The Bertz CT molecular complexity index is 1100. The third-order valence-corrected chi connectivity index (χ3v) is 6.15. The Kier molecular flexibility index (Phi) is 4.84. The molecular weight excluding hydrogens is 395 g/mol. The van der Waals surface area contributed by atoms with Crippen LogP contribution in [0.2, 0.25) is 0 Å². The zero-order chi connectivity index (χ0) is 21.5. The first-order valence-electron chi connectivity index (χ1n) is 10.4. The maximum Gasteiger partial charge on any atom is 0.257 e. The number of carbonyl (C=O) groups is 1. The number of rotatable bonds is 3. The molecule has 2 saturated heterocycles. The van der Waals surface area contributed by atoms with Gasteiger partial charge in [0, 0.05) is 55.0 Å². The van der Waals surface area contributed by atoms with Crippen LogP contribution in [0, 0.1) is 31.5 Å². The molecule has 0 spiro atoms. The Balaban J connectivity index is 1.35. The molecule has 7 nitrogen and oxygen atoms in total. The van der Waals surface area contributed by atoms with Crippen molar-refractivity contribution in [2.45, 2.75) is 13.8 Å². The third kappa shape index (κ3) is 3.62. The van der Waals surface area contributed by atoms with Crippen molar-refractivity contribution >= 4 is 11.9 Å². The van der Waals surface area contributed by atoms with Crippen LogP contribution in [0.1, 0.15) is 21.7 Å². The lowest BCUT2D eigenvalue weighted by Crippen LogP contribution is -2.34. The lowest BCUT2D eigenvalue weighted by molar-refractivity contribution is 0.0778. The fraction of sp³-hybridized carbons (Fsp3) is 0.348. The number of aromatic nitrogens is 4. The van der Waals surface area contributed by atoms with Gasteiger partial charge in [-0.3, -0.25) is 4.79 Å². The zero-order valence-electron chi connectivity index (χ0n) is 17.5. The molecule has 5 rings (SSSR count). The van der Waals surface area contributed by atoms with Gasteiger partial charge >= 0.3 is 0 Å². The molecule has 1 amide bonds. The standard InChI is InChI=1S/C23H23FN6O/c1-14-8-15(2)28-23(27-14)30-12-17-10-29(11-18(17)13-30)22(31)21-19(4-3-5-20(21)24)16-6-7-25-26-9-16/h3-9,17-18H,10-13H2,1-2H3. The summed E-state index contributed by atoms with van der Waals surface area (Å²) in [6.07, 6.45) is 3.09. The smallest absolute Gasteiger partial charge is 0.257 e. The van der Waals surface area contributed by atoms with Gasteiger partial charge in [0.1, 0.15) is 5.82 Å². The number of halogens is 1. The molecule has 0 N–H and O–H groups in total. The summed E-state index contributed by atoms with van der Waals surface area (Å²) >= 11 is 0. The topological polar surface area (TPSA) is 75.1 Å². The quantitative estimate of drug-likeness (QED) is 0.651. The van der Waals surface area contributed by atoms with Gasteiger partial charge in [-0.25, -0.2) is 14.4 Å². The van der Waals surface area contributed by atoms with Crippen molar-refractivity contribution in [2.75, 3.05) is 31.1 Å². The van der Waals surface area contributed by atoms with E-state index in [2.05, 4.69) is 25.1 Å². The van der Waals surface area contributed by atoms with E-state index in [1.165, 1.54) is 6.07 Å². The number of likely N-dealkylation sites (tertiary alicyclic amines) is 1. The molecule has 0 saturated carbocycles. The molecule has 158 valence electrons. The van der Waals surface area contributed by atoms with E-state index in [0.717, 1.165) is 30.4 Å². The predicted molar refractivity (Wildman–Crippen MR) is 114 cm³/mol. The van der Waals surface area contributed by atoms with Crippen molar-refractivity contribution in [1.82, 2.24) is 25.1 Å². The fourth-order valence-corrected chi connectivity index (χ4v) is 4.76. The van der Waals surface area contributed by atoms with Crippen LogP contribution in [0.15, 0.2) is 42.7 Å². The van der Waals surface area contributed by atoms with Crippen LogP contribution in [0.25, 0.3) is 11.1 Å². The number of amides is 1. The SMILES string of the molecule is Cc1cc(C)nc(N2CC3CN(C(=O)c4c(F)cccc4-c4ccnnc4)CC3C2)n1. The maximum atomic E-state index is 14.8. The van der Waals surface area contributed by atoms with Gasteiger partial charge in [0.15, 0.2) is 0 Å². The molecule has 2 aliphatic heterocycles. The van der Waals surface area contributed by atoms with Crippen molar-refractivity contribution in [1.29, 1.82) is 0 Å². The molecule has 2 fully saturated rings. The lowest BCUT2D eigenvalue weighted by Gasteiger charge is -2.23. The molecule has 4 heterocycles. The van der Waals surface area contributed by atoms with Gasteiger partial charge in [0.2, 0.25) is 5.95 Å². The summed E-state index contributed by atoms with van der Waals surface area (Å²) in [5.74, 6) is 0.624. The first-order chi connectivity index (χ1) is 15.0. The number of benzene rings is 1. The van der Waals surface area contributed by atoms with Gasteiger partial charge in [-0.1, -0.05) is 12.1 Å². The van der Waals surface area contributed by atoms with Gasteiger partial charge in [0.05, 0.1) is 18.0 Å². The second-order valence-corrected chi connectivity index (χ2v) is 8.38. The monoisotopic (exact) mass is 418 g/mol. The molecule has 0 radical (unpaired) electrons. The van der Waals surface area contributed by atoms with E-state index >= 15 is 0 Å². The molecule has 2 aromatic heterocycles. The highest BCUT2D eigenvalue weighted by atomic mass is 19.1. The molecule has 3 aromatic rings. The van der Waals surface area contributed by atoms with Gasteiger partial charge in [-0.15, -0.1) is 0 Å². The first-order valence-corrected chi connectivity index (χ1v) is 10.4. The molecule has 2 atom stereocenters. The normalized spacial score (nSPS) is 20.2. The number of nitrogens with zero attached hydrogens (tertiary/aromatic N) is 6. The Hall–Kier alpha value is -3.42. The molecule has 2 aliphatic rings. The van der Waals surface area contributed by atoms with Crippen LogP contribution in [0.3, 0.4) is 0 Å². The Morgan fingerprint density at radius 1 is 1.00 bits per heavy atom. The summed E-state index contributed by atoms with van der Waals surface area (Å²) in [7, 11) is 0. The number of anilines is 1. The van der Waals surface area contributed by atoms with Gasteiger partial charge in [0.25, 0.3) is 5.91 Å². The van der Waals surface area contributed by atoms with Crippen LogP contribution in [0.4, 0.5) is 10.3 Å². The third-order valence-electron chi connectivity index (χ3n) is 6.15. The summed E-state index contributed by atoms with van der Waals surface area (Å²) in [6.45, 7) is 6.76. The average molecular weight is 418 g/mol. The van der Waals surface area contributed by atoms with E-state index in [-0.39, 0.29) is 11.5 Å². The van der Waals surface area contributed by atoms with Crippen molar-refractivity contribution < 1.29 is 9.18 Å². The number of fused-ring (bicyclic) bond motifs is 1. The average Bonchev–Trinajstić information content (AvgIpc) is 3.32. The first kappa shape index (κ1) is 19.5. The summed E-state index contributed by atoms with van der Waals surface area (Å²) in [5.41, 5.74) is 3.23. The van der Waals surface area contributed by atoms with Gasteiger partial charge in [-0.2, -0.15) is 10.2 Å². The zero-order valence-corrected chi connectivity index (χ0v) is 17.5. The van der Waals surface area contributed by atoms with Crippen LogP contribution in [0.5, 0.6) is 0 Å². The number of aryl methyl sites for hydroxylation is 2. The van der Waals surface area contributed by atoms with E-state index in [4.69, 9.17) is 0 Å². The van der Waals surface area contributed by atoms with Crippen LogP contribution >= 0.6 is 0 Å². The molecule has 31 heavy (non-hydrogen) atoms. The van der Waals surface area contributed by atoms with Crippen molar-refractivity contribution in [3.05, 3.63) is 65.5 Å². The largest absolute Gasteiger partial charge is 0.340 e. The minimum Gasteiger partial charge on any atom is -0.340 e. The number of hydrogen-bond donors (Lipinski definition) is 0. The summed E-state index contributed by atoms with van der Waals surface area (Å²) in [6, 6.07) is 8.40. The lowest BCUT2D eigenvalue weighted by atomic mass is 10.00. The van der Waals surface area contributed by atoms with E-state index in [1.807, 2.05) is 19.9 Å². The Labute approximate surface area is 180 Å². The minimum absolute atomic E-state index is 0.102. The molecular formula is C23H23FN6O. The van der Waals surface area contributed by atoms with Crippen LogP contribution in [-0.2, 0) is 0 Å². The maximum absolute atomic E-state index is 14.8. The summed E-state index contributed by atoms with van der Waals surface area (Å²) in [4.78, 5) is 26.5.